The minimum Gasteiger partial charge on any atom is -0.366 e. The number of carbonyl (C=O) groups is 3. The van der Waals surface area contributed by atoms with Gasteiger partial charge in [0.05, 0.1) is 17.4 Å². The number of nitrogens with zero attached hydrogens (tertiary/aromatic N) is 2. The molecule has 134 valence electrons. The topological polar surface area (TPSA) is 105 Å². The van der Waals surface area contributed by atoms with Gasteiger partial charge in [0.15, 0.2) is 0 Å². The third kappa shape index (κ3) is 3.65. The molecule has 25 heavy (non-hydrogen) atoms. The number of fused-ring (bicyclic) bond motifs is 1. The van der Waals surface area contributed by atoms with Crippen LogP contribution in [0.5, 0.6) is 0 Å². The lowest BCUT2D eigenvalue weighted by Gasteiger charge is -2.47. The van der Waals surface area contributed by atoms with E-state index < -0.39 is 17.7 Å². The zero-order chi connectivity index (χ0) is 18.0. The van der Waals surface area contributed by atoms with Crippen molar-refractivity contribution in [2.24, 2.45) is 11.7 Å². The second-order valence-corrected chi connectivity index (χ2v) is 7.03. The summed E-state index contributed by atoms with van der Waals surface area (Å²) in [5, 5.41) is 2.55. The minimum atomic E-state index is -0.693. The third-order valence-electron chi connectivity index (χ3n) is 5.37. The first-order chi connectivity index (χ1) is 12.0. The molecule has 1 saturated carbocycles. The lowest BCUT2D eigenvalue weighted by Crippen LogP contribution is -2.56. The number of nitrogens with two attached hydrogens (primary N) is 1. The van der Waals surface area contributed by atoms with Crippen LogP contribution in [0.4, 0.5) is 5.69 Å². The summed E-state index contributed by atoms with van der Waals surface area (Å²) in [5.41, 5.74) is 5.69. The van der Waals surface area contributed by atoms with Gasteiger partial charge in [-0.05, 0) is 44.6 Å². The van der Waals surface area contributed by atoms with E-state index in [0.29, 0.717) is 11.6 Å². The molecule has 2 aliphatic rings. The van der Waals surface area contributed by atoms with Gasteiger partial charge < -0.3 is 16.0 Å². The Balaban J connectivity index is 1.73. The zero-order valence-electron chi connectivity index (χ0n) is 14.4. The van der Waals surface area contributed by atoms with Gasteiger partial charge in [0.1, 0.15) is 0 Å². The highest BCUT2D eigenvalue weighted by Gasteiger charge is 2.41. The smallest absolute Gasteiger partial charge is 0.313 e. The highest BCUT2D eigenvalue weighted by molar-refractivity contribution is 6.39. The van der Waals surface area contributed by atoms with Crippen molar-refractivity contribution in [1.82, 2.24) is 9.88 Å². The van der Waals surface area contributed by atoms with Crippen LogP contribution >= 0.6 is 0 Å². The van der Waals surface area contributed by atoms with Crippen molar-refractivity contribution in [3.63, 3.8) is 0 Å². The molecule has 0 spiro atoms. The van der Waals surface area contributed by atoms with Crippen LogP contribution in [0.15, 0.2) is 18.5 Å². The number of hydrogen-bond acceptors (Lipinski definition) is 4. The van der Waals surface area contributed by atoms with Gasteiger partial charge in [-0.15, -0.1) is 0 Å². The van der Waals surface area contributed by atoms with Crippen molar-refractivity contribution in [2.45, 2.75) is 57.5 Å². The normalized spacial score (nSPS) is 25.8. The molecule has 1 aliphatic carbocycles. The van der Waals surface area contributed by atoms with Gasteiger partial charge >= 0.3 is 11.8 Å². The van der Waals surface area contributed by atoms with Crippen molar-refractivity contribution in [1.29, 1.82) is 0 Å². The van der Waals surface area contributed by atoms with Crippen molar-refractivity contribution < 1.29 is 14.4 Å². The summed E-state index contributed by atoms with van der Waals surface area (Å²) in [7, 11) is 0. The van der Waals surface area contributed by atoms with E-state index in [1.807, 2.05) is 6.92 Å². The number of primary amides is 1. The van der Waals surface area contributed by atoms with Crippen molar-refractivity contribution in [3.8, 4) is 0 Å². The first kappa shape index (κ1) is 17.4. The lowest BCUT2D eigenvalue weighted by atomic mass is 9.76. The summed E-state index contributed by atoms with van der Waals surface area (Å²) in [6, 6.07) is 1.64. The Morgan fingerprint density at radius 2 is 1.92 bits per heavy atom. The second kappa shape index (κ2) is 7.21. The number of hydrogen-bond donors (Lipinski definition) is 2. The van der Waals surface area contributed by atoms with Gasteiger partial charge in [-0.1, -0.05) is 12.8 Å². The van der Waals surface area contributed by atoms with Gasteiger partial charge in [0.2, 0.25) is 5.91 Å². The predicted molar refractivity (Wildman–Crippen MR) is 92.7 cm³/mol. The van der Waals surface area contributed by atoms with E-state index in [2.05, 4.69) is 10.3 Å². The molecule has 0 bridgehead atoms. The van der Waals surface area contributed by atoms with Gasteiger partial charge in [-0.25, -0.2) is 0 Å². The quantitative estimate of drug-likeness (QED) is 0.796. The second-order valence-electron chi connectivity index (χ2n) is 7.03. The van der Waals surface area contributed by atoms with Crippen LogP contribution in [0.1, 0.15) is 55.8 Å². The monoisotopic (exact) mass is 344 g/mol. The maximum absolute atomic E-state index is 12.8. The van der Waals surface area contributed by atoms with Crippen LogP contribution in [0, 0.1) is 5.92 Å². The Kier molecular flexibility index (Phi) is 5.01. The van der Waals surface area contributed by atoms with Gasteiger partial charge in [-0.2, -0.15) is 0 Å². The minimum absolute atomic E-state index is 0.0627. The first-order valence-corrected chi connectivity index (χ1v) is 8.86. The summed E-state index contributed by atoms with van der Waals surface area (Å²) >= 11 is 0. The number of carbonyl (C=O) groups excluding carboxylic acids is 3. The number of rotatable bonds is 2. The van der Waals surface area contributed by atoms with E-state index in [-0.39, 0.29) is 17.6 Å². The van der Waals surface area contributed by atoms with Crippen LogP contribution in [0.25, 0.3) is 0 Å². The molecule has 0 aromatic carbocycles. The molecule has 7 nitrogen and oxygen atoms in total. The molecule has 3 N–H and O–H groups in total. The molecule has 1 aromatic heterocycles. The summed E-state index contributed by atoms with van der Waals surface area (Å²) < 4.78 is 0. The third-order valence-corrected chi connectivity index (χ3v) is 5.37. The number of aromatic nitrogens is 1. The predicted octanol–water partition coefficient (Wildman–Crippen LogP) is 1.69. The van der Waals surface area contributed by atoms with E-state index in [4.69, 9.17) is 5.73 Å². The molecule has 2 heterocycles. The SMILES string of the molecule is C[C@@H]1CCC2CCCCC2N1C(=O)C(=O)Nc1cncc(C(N)=O)c1. The standard InChI is InChI=1S/C18H24N4O3/c1-11-6-7-12-4-2-3-5-15(12)22(11)18(25)17(24)21-14-8-13(16(19)23)9-20-10-14/h8-12,15H,2-7H2,1H3,(H2,19,23)(H,21,24)/t11-,12?,15?/m1/s1. The molecule has 3 rings (SSSR count). The number of pyridine rings is 1. The molecular formula is C18H24N4O3. The van der Waals surface area contributed by atoms with Crippen LogP contribution < -0.4 is 11.1 Å². The van der Waals surface area contributed by atoms with Crippen LogP contribution in [0.2, 0.25) is 0 Å². The van der Waals surface area contributed by atoms with E-state index in [9.17, 15) is 14.4 Å². The molecule has 3 amide bonds. The molecule has 7 heteroatoms. The molecule has 1 saturated heterocycles. The number of amides is 3. The van der Waals surface area contributed by atoms with Crippen LogP contribution in [0.3, 0.4) is 0 Å². The Labute approximate surface area is 147 Å². The lowest BCUT2D eigenvalue weighted by molar-refractivity contribution is -0.150. The van der Waals surface area contributed by atoms with E-state index in [1.54, 1.807) is 4.90 Å². The molecule has 2 fully saturated rings. The maximum atomic E-state index is 12.8. The van der Waals surface area contributed by atoms with Gasteiger partial charge in [0, 0.05) is 18.3 Å². The van der Waals surface area contributed by atoms with Crippen molar-refractivity contribution in [2.75, 3.05) is 5.32 Å². The Bertz CT molecular complexity index is 691. The molecule has 2 unspecified atom stereocenters. The van der Waals surface area contributed by atoms with Gasteiger partial charge in [0.25, 0.3) is 0 Å². The van der Waals surface area contributed by atoms with Crippen molar-refractivity contribution >= 4 is 23.4 Å². The number of nitrogens with one attached hydrogen (secondary N) is 1. The fourth-order valence-corrected chi connectivity index (χ4v) is 4.11. The Hall–Kier alpha value is -2.44. The molecule has 1 aromatic rings. The van der Waals surface area contributed by atoms with Crippen molar-refractivity contribution in [3.05, 3.63) is 24.0 Å². The average Bonchev–Trinajstić information content (AvgIpc) is 2.61. The average molecular weight is 344 g/mol. The summed E-state index contributed by atoms with van der Waals surface area (Å²) in [6.07, 6.45) is 9.17. The summed E-state index contributed by atoms with van der Waals surface area (Å²) in [4.78, 5) is 42.1. The number of anilines is 1. The summed E-state index contributed by atoms with van der Waals surface area (Å²) in [6.45, 7) is 2.01. The largest absolute Gasteiger partial charge is 0.366 e. The number of piperidine rings is 1. The highest BCUT2D eigenvalue weighted by Crippen LogP contribution is 2.37. The van der Waals surface area contributed by atoms with Gasteiger partial charge in [-0.3, -0.25) is 19.4 Å². The van der Waals surface area contributed by atoms with Crippen LogP contribution in [-0.4, -0.2) is 39.7 Å². The molecule has 3 atom stereocenters. The Morgan fingerprint density at radius 1 is 1.16 bits per heavy atom. The highest BCUT2D eigenvalue weighted by atomic mass is 16.2. The fraction of sp³-hybridized carbons (Fsp3) is 0.556. The summed E-state index contributed by atoms with van der Waals surface area (Å²) in [5.74, 6) is -1.33. The van der Waals surface area contributed by atoms with E-state index >= 15 is 0 Å². The molecular weight excluding hydrogens is 320 g/mol. The first-order valence-electron chi connectivity index (χ1n) is 8.86. The molecule has 1 aliphatic heterocycles. The molecule has 0 radical (unpaired) electrons. The Morgan fingerprint density at radius 3 is 2.68 bits per heavy atom. The maximum Gasteiger partial charge on any atom is 0.313 e. The van der Waals surface area contributed by atoms with E-state index in [1.165, 1.54) is 24.9 Å². The fourth-order valence-electron chi connectivity index (χ4n) is 4.11. The van der Waals surface area contributed by atoms with Crippen LogP contribution in [-0.2, 0) is 9.59 Å². The zero-order valence-corrected chi connectivity index (χ0v) is 14.4. The number of likely N-dealkylation sites (tertiary alicyclic amines) is 1. The van der Waals surface area contributed by atoms with E-state index in [0.717, 1.165) is 32.1 Å².